The fraction of sp³-hybridized carbons (Fsp3) is 0.679. The van der Waals surface area contributed by atoms with Crippen LogP contribution in [0.1, 0.15) is 73.7 Å². The average Bonchev–Trinajstić information content (AvgIpc) is 3.26. The molecule has 0 aromatic heterocycles. The largest absolute Gasteiger partial charge is 0.375 e. The van der Waals surface area contributed by atoms with Crippen molar-refractivity contribution in [1.82, 2.24) is 10.2 Å². The van der Waals surface area contributed by atoms with Gasteiger partial charge in [0.25, 0.3) is 5.91 Å². The molecule has 3 heterocycles. The number of carbonyl (C=O) groups excluding carboxylic acids is 3. The van der Waals surface area contributed by atoms with Gasteiger partial charge in [-0.3, -0.25) is 19.7 Å². The number of anilines is 1. The van der Waals surface area contributed by atoms with Gasteiger partial charge in [0.2, 0.25) is 11.8 Å². The molecular weight excluding hydrogens is 493 g/mol. The summed E-state index contributed by atoms with van der Waals surface area (Å²) in [6, 6.07) is 2.59. The molecule has 0 spiro atoms. The molecule has 3 aliphatic heterocycles. The Balaban J connectivity index is 1.13. The first kappa shape index (κ1) is 27.0. The number of halogens is 1. The van der Waals surface area contributed by atoms with Crippen molar-refractivity contribution in [3.8, 4) is 0 Å². The van der Waals surface area contributed by atoms with Crippen LogP contribution < -0.4 is 10.2 Å². The SMILES string of the molecule is COC(C[C@H]1CC[C@H](OC2CCN(c3ccc4c(c3F)CN(C3CCC(=O)NC3=O)C4=O)CC2)CC1)OC. The van der Waals surface area contributed by atoms with Gasteiger partial charge in [0, 0.05) is 51.3 Å². The first-order valence-electron chi connectivity index (χ1n) is 13.8. The maximum atomic E-state index is 15.7. The van der Waals surface area contributed by atoms with Gasteiger partial charge in [-0.05, 0) is 63.0 Å². The van der Waals surface area contributed by atoms with Gasteiger partial charge >= 0.3 is 0 Å². The number of hydrogen-bond donors (Lipinski definition) is 1. The fourth-order valence-electron chi connectivity index (χ4n) is 6.41. The van der Waals surface area contributed by atoms with Crippen molar-refractivity contribution in [2.24, 2.45) is 5.92 Å². The van der Waals surface area contributed by atoms with Crippen LogP contribution in [0.25, 0.3) is 0 Å². The molecule has 3 amide bonds. The van der Waals surface area contributed by atoms with Gasteiger partial charge in [0.15, 0.2) is 12.1 Å². The second-order valence-corrected chi connectivity index (χ2v) is 10.9. The summed E-state index contributed by atoms with van der Waals surface area (Å²) in [5, 5.41) is 2.28. The number of fused-ring (bicyclic) bond motifs is 1. The summed E-state index contributed by atoms with van der Waals surface area (Å²) < 4.78 is 32.8. The summed E-state index contributed by atoms with van der Waals surface area (Å²) >= 11 is 0. The van der Waals surface area contributed by atoms with E-state index in [9.17, 15) is 14.4 Å². The number of hydrogen-bond acceptors (Lipinski definition) is 7. The van der Waals surface area contributed by atoms with Crippen LogP contribution in [0.3, 0.4) is 0 Å². The number of rotatable bonds is 8. The van der Waals surface area contributed by atoms with E-state index in [0.717, 1.165) is 44.9 Å². The maximum absolute atomic E-state index is 15.7. The zero-order valence-corrected chi connectivity index (χ0v) is 22.2. The first-order valence-corrected chi connectivity index (χ1v) is 13.8. The van der Waals surface area contributed by atoms with Crippen molar-refractivity contribution in [3.05, 3.63) is 29.1 Å². The Bertz CT molecular complexity index is 1050. The number of amides is 3. The molecule has 3 fully saturated rings. The van der Waals surface area contributed by atoms with Gasteiger partial charge < -0.3 is 24.0 Å². The highest BCUT2D eigenvalue weighted by molar-refractivity contribution is 6.05. The average molecular weight is 532 g/mol. The molecule has 208 valence electrons. The molecule has 0 radical (unpaired) electrons. The minimum absolute atomic E-state index is 0.0396. The molecule has 1 aromatic carbocycles. The van der Waals surface area contributed by atoms with Gasteiger partial charge in [-0.1, -0.05) is 0 Å². The number of carbonyl (C=O) groups is 3. The van der Waals surface area contributed by atoms with Gasteiger partial charge in [-0.2, -0.15) is 0 Å². The smallest absolute Gasteiger partial charge is 0.255 e. The van der Waals surface area contributed by atoms with Gasteiger partial charge in [0.05, 0.1) is 24.4 Å². The third-order valence-electron chi connectivity index (χ3n) is 8.64. The van der Waals surface area contributed by atoms with E-state index in [1.165, 1.54) is 4.90 Å². The fourth-order valence-corrected chi connectivity index (χ4v) is 6.41. The highest BCUT2D eigenvalue weighted by atomic mass is 19.1. The van der Waals surface area contributed by atoms with Crippen molar-refractivity contribution in [2.75, 3.05) is 32.2 Å². The Morgan fingerprint density at radius 3 is 2.32 bits per heavy atom. The van der Waals surface area contributed by atoms with E-state index in [1.807, 2.05) is 4.90 Å². The lowest BCUT2D eigenvalue weighted by Crippen LogP contribution is -2.52. The predicted octanol–water partition coefficient (Wildman–Crippen LogP) is 3.14. The van der Waals surface area contributed by atoms with Gasteiger partial charge in [-0.25, -0.2) is 4.39 Å². The highest BCUT2D eigenvalue weighted by Gasteiger charge is 2.41. The number of nitrogens with one attached hydrogen (secondary N) is 1. The van der Waals surface area contributed by atoms with Crippen LogP contribution in [-0.4, -0.2) is 74.5 Å². The number of benzene rings is 1. The summed E-state index contributed by atoms with van der Waals surface area (Å²) in [6.45, 7) is 1.41. The van der Waals surface area contributed by atoms with Crippen LogP contribution in [0, 0.1) is 11.7 Å². The second kappa shape index (κ2) is 11.7. The third-order valence-corrected chi connectivity index (χ3v) is 8.64. The summed E-state index contributed by atoms with van der Waals surface area (Å²) in [5.74, 6) is -0.989. The highest BCUT2D eigenvalue weighted by Crippen LogP contribution is 2.36. The quantitative estimate of drug-likeness (QED) is 0.407. The van der Waals surface area contributed by atoms with Crippen LogP contribution in [0.15, 0.2) is 12.1 Å². The number of piperidine rings is 2. The molecular formula is C28H38FN3O6. The van der Waals surface area contributed by atoms with Gasteiger partial charge in [0.1, 0.15) is 6.04 Å². The Morgan fingerprint density at radius 2 is 1.66 bits per heavy atom. The molecule has 9 nitrogen and oxygen atoms in total. The van der Waals surface area contributed by atoms with Gasteiger partial charge in [-0.15, -0.1) is 0 Å². The topological polar surface area (TPSA) is 97.4 Å². The van der Waals surface area contributed by atoms with E-state index < -0.39 is 17.8 Å². The van der Waals surface area contributed by atoms with Crippen molar-refractivity contribution in [1.29, 1.82) is 0 Å². The van der Waals surface area contributed by atoms with Crippen molar-refractivity contribution < 1.29 is 33.0 Å². The lowest BCUT2D eigenvalue weighted by atomic mass is 9.85. The Hall–Kier alpha value is -2.56. The predicted molar refractivity (Wildman–Crippen MR) is 137 cm³/mol. The molecule has 38 heavy (non-hydrogen) atoms. The molecule has 1 aliphatic carbocycles. The first-order chi connectivity index (χ1) is 18.4. The lowest BCUT2D eigenvalue weighted by molar-refractivity contribution is -0.136. The van der Waals surface area contributed by atoms with E-state index >= 15 is 4.39 Å². The zero-order valence-electron chi connectivity index (χ0n) is 22.2. The molecule has 1 saturated carbocycles. The van der Waals surface area contributed by atoms with Crippen LogP contribution in [0.5, 0.6) is 0 Å². The summed E-state index contributed by atoms with van der Waals surface area (Å²) in [6.07, 6.45) is 7.61. The Labute approximate surface area is 222 Å². The molecule has 0 bridgehead atoms. The summed E-state index contributed by atoms with van der Waals surface area (Å²) in [7, 11) is 3.36. The number of imide groups is 1. The molecule has 2 saturated heterocycles. The molecule has 1 aromatic rings. The van der Waals surface area contributed by atoms with E-state index in [2.05, 4.69) is 5.32 Å². The van der Waals surface area contributed by atoms with Crippen LogP contribution in [-0.2, 0) is 30.3 Å². The van der Waals surface area contributed by atoms with Crippen LogP contribution in [0.2, 0.25) is 0 Å². The minimum Gasteiger partial charge on any atom is -0.375 e. The number of ether oxygens (including phenoxy) is 3. The second-order valence-electron chi connectivity index (χ2n) is 10.9. The number of methoxy groups -OCH3 is 2. The van der Waals surface area contributed by atoms with E-state index in [1.54, 1.807) is 26.4 Å². The number of nitrogens with zero attached hydrogens (tertiary/aromatic N) is 2. The van der Waals surface area contributed by atoms with Crippen LogP contribution in [0.4, 0.5) is 10.1 Å². The lowest BCUT2D eigenvalue weighted by Gasteiger charge is -2.37. The Morgan fingerprint density at radius 1 is 0.974 bits per heavy atom. The maximum Gasteiger partial charge on any atom is 0.255 e. The van der Waals surface area contributed by atoms with Crippen molar-refractivity contribution >= 4 is 23.4 Å². The van der Waals surface area contributed by atoms with E-state index in [-0.39, 0.29) is 49.7 Å². The summed E-state index contributed by atoms with van der Waals surface area (Å²) in [5.41, 5.74) is 1.12. The van der Waals surface area contributed by atoms with E-state index in [0.29, 0.717) is 35.8 Å². The monoisotopic (exact) mass is 531 g/mol. The normalized spacial score (nSPS) is 26.7. The molecule has 5 rings (SSSR count). The molecule has 10 heteroatoms. The van der Waals surface area contributed by atoms with Crippen LogP contribution >= 0.6 is 0 Å². The standard InChI is InChI=1S/C28H38FN3O6/c1-36-25(37-2)15-17-3-5-18(6-4-17)38-19-11-13-31(14-12-19)22-8-7-20-21(26(22)29)16-32(28(20)35)23-9-10-24(33)30-27(23)34/h7-8,17-19,23,25H,3-6,9-16H2,1-2H3,(H,30,33,34)/t17-,18-,23?. The minimum atomic E-state index is -0.750. The molecule has 4 aliphatic rings. The van der Waals surface area contributed by atoms with Crippen molar-refractivity contribution in [3.63, 3.8) is 0 Å². The van der Waals surface area contributed by atoms with E-state index in [4.69, 9.17) is 14.2 Å². The third kappa shape index (κ3) is 5.58. The zero-order chi connectivity index (χ0) is 26.8. The Kier molecular flexibility index (Phi) is 8.30. The molecule has 1 atom stereocenters. The van der Waals surface area contributed by atoms with Crippen molar-refractivity contribution in [2.45, 2.75) is 88.9 Å². The summed E-state index contributed by atoms with van der Waals surface area (Å²) in [4.78, 5) is 40.2. The molecule has 1 N–H and O–H groups in total. The molecule has 1 unspecified atom stereocenters.